The maximum absolute atomic E-state index is 12.8. The molecule has 0 radical (unpaired) electrons. The number of carboxylic acid groups (broad SMARTS) is 1. The third kappa shape index (κ3) is 3.78. The first kappa shape index (κ1) is 18.0. The number of carbonyl (C=O) groups is 1. The van der Waals surface area contributed by atoms with Crippen molar-refractivity contribution in [3.8, 4) is 0 Å². The lowest BCUT2D eigenvalue weighted by atomic mass is 10.2. The van der Waals surface area contributed by atoms with Gasteiger partial charge in [0.1, 0.15) is 0 Å². The average Bonchev–Trinajstić information content (AvgIpc) is 2.46. The lowest BCUT2D eigenvalue weighted by Crippen LogP contribution is -2.50. The van der Waals surface area contributed by atoms with E-state index in [4.69, 9.17) is 5.11 Å². The Morgan fingerprint density at radius 1 is 1.17 bits per heavy atom. The van der Waals surface area contributed by atoms with Crippen LogP contribution in [-0.4, -0.2) is 55.0 Å². The summed E-state index contributed by atoms with van der Waals surface area (Å²) in [6.07, 6.45) is -5.82. The van der Waals surface area contributed by atoms with Crippen LogP contribution in [-0.2, 0) is 16.2 Å². The highest BCUT2D eigenvalue weighted by atomic mass is 79.9. The number of hydrogen-bond donors (Lipinski definition) is 1. The summed E-state index contributed by atoms with van der Waals surface area (Å²) >= 11 is 2.96. The minimum absolute atomic E-state index is 0.0196. The van der Waals surface area contributed by atoms with Crippen LogP contribution in [0.2, 0.25) is 0 Å². The van der Waals surface area contributed by atoms with Gasteiger partial charge >= 0.3 is 12.3 Å². The van der Waals surface area contributed by atoms with Gasteiger partial charge in [-0.05, 0) is 34.1 Å². The number of halogens is 4. The maximum atomic E-state index is 12.8. The Morgan fingerprint density at radius 2 is 1.74 bits per heavy atom. The van der Waals surface area contributed by atoms with Gasteiger partial charge in [-0.25, -0.2) is 13.2 Å². The number of alkyl halides is 3. The Kier molecular flexibility index (Phi) is 4.92. The van der Waals surface area contributed by atoms with Gasteiger partial charge in [0, 0.05) is 30.7 Å². The minimum Gasteiger partial charge on any atom is -0.465 e. The summed E-state index contributed by atoms with van der Waals surface area (Å²) < 4.78 is 64.4. The second kappa shape index (κ2) is 6.29. The Balaban J connectivity index is 2.32. The summed E-state index contributed by atoms with van der Waals surface area (Å²) in [5.74, 6) is 0. The summed E-state index contributed by atoms with van der Waals surface area (Å²) in [6.45, 7) is -0.301. The van der Waals surface area contributed by atoms with Crippen molar-refractivity contribution in [1.29, 1.82) is 0 Å². The fourth-order valence-corrected chi connectivity index (χ4v) is 4.51. The molecule has 0 saturated carbocycles. The van der Waals surface area contributed by atoms with Crippen molar-refractivity contribution in [2.75, 3.05) is 26.2 Å². The SMILES string of the molecule is O=C(O)N1CCN(S(=O)(=O)c2cc(C(F)(F)F)ccc2Br)CC1. The molecule has 23 heavy (non-hydrogen) atoms. The van der Waals surface area contributed by atoms with Crippen LogP contribution in [0.3, 0.4) is 0 Å². The van der Waals surface area contributed by atoms with Crippen LogP contribution in [0.15, 0.2) is 27.6 Å². The second-order valence-corrected chi connectivity index (χ2v) is 7.58. The van der Waals surface area contributed by atoms with Crippen LogP contribution in [0.4, 0.5) is 18.0 Å². The molecule has 11 heteroatoms. The topological polar surface area (TPSA) is 77.9 Å². The lowest BCUT2D eigenvalue weighted by Gasteiger charge is -2.32. The van der Waals surface area contributed by atoms with Crippen molar-refractivity contribution in [3.63, 3.8) is 0 Å². The van der Waals surface area contributed by atoms with Gasteiger partial charge in [-0.15, -0.1) is 0 Å². The quantitative estimate of drug-likeness (QED) is 0.802. The minimum atomic E-state index is -4.66. The molecular weight excluding hydrogens is 405 g/mol. The van der Waals surface area contributed by atoms with Gasteiger partial charge in [-0.1, -0.05) is 0 Å². The molecule has 6 nitrogen and oxygen atoms in total. The molecule has 1 amide bonds. The van der Waals surface area contributed by atoms with E-state index in [9.17, 15) is 26.4 Å². The number of nitrogens with zero attached hydrogens (tertiary/aromatic N) is 2. The highest BCUT2D eigenvalue weighted by molar-refractivity contribution is 9.10. The zero-order valence-corrected chi connectivity index (χ0v) is 13.9. The van der Waals surface area contributed by atoms with Gasteiger partial charge in [0.05, 0.1) is 10.5 Å². The first-order valence-electron chi connectivity index (χ1n) is 6.38. The van der Waals surface area contributed by atoms with E-state index >= 15 is 0 Å². The van der Waals surface area contributed by atoms with Gasteiger partial charge in [0.15, 0.2) is 0 Å². The van der Waals surface area contributed by atoms with Gasteiger partial charge in [-0.3, -0.25) is 0 Å². The van der Waals surface area contributed by atoms with Gasteiger partial charge in [0.25, 0.3) is 0 Å². The van der Waals surface area contributed by atoms with Crippen LogP contribution < -0.4 is 0 Å². The van der Waals surface area contributed by atoms with Gasteiger partial charge in [0.2, 0.25) is 10.0 Å². The van der Waals surface area contributed by atoms with Crippen LogP contribution in [0.25, 0.3) is 0 Å². The van der Waals surface area contributed by atoms with E-state index < -0.39 is 32.8 Å². The van der Waals surface area contributed by atoms with E-state index in [1.165, 1.54) is 0 Å². The molecule has 1 aliphatic rings. The fourth-order valence-electron chi connectivity index (χ4n) is 2.14. The van der Waals surface area contributed by atoms with Crippen LogP contribution >= 0.6 is 15.9 Å². The fraction of sp³-hybridized carbons (Fsp3) is 0.417. The predicted molar refractivity (Wildman–Crippen MR) is 77.5 cm³/mol. The summed E-state index contributed by atoms with van der Waals surface area (Å²) in [6, 6.07) is 2.39. The molecule has 1 aromatic carbocycles. The summed E-state index contributed by atoms with van der Waals surface area (Å²) in [4.78, 5) is 11.4. The molecule has 0 aromatic heterocycles. The van der Waals surface area contributed by atoms with Crippen molar-refractivity contribution in [2.24, 2.45) is 0 Å². The first-order chi connectivity index (χ1) is 10.5. The third-order valence-corrected chi connectivity index (χ3v) is 6.28. The molecule has 0 spiro atoms. The molecule has 1 saturated heterocycles. The lowest BCUT2D eigenvalue weighted by molar-refractivity contribution is -0.137. The van der Waals surface area contributed by atoms with Crippen molar-refractivity contribution in [1.82, 2.24) is 9.21 Å². The zero-order valence-electron chi connectivity index (χ0n) is 11.5. The van der Waals surface area contributed by atoms with E-state index in [0.29, 0.717) is 6.07 Å². The maximum Gasteiger partial charge on any atom is 0.416 e. The van der Waals surface area contributed by atoms with Crippen molar-refractivity contribution < 1.29 is 31.5 Å². The molecule has 0 bridgehead atoms. The Labute approximate surface area is 138 Å². The van der Waals surface area contributed by atoms with E-state index in [2.05, 4.69) is 15.9 Å². The number of piperazine rings is 1. The predicted octanol–water partition coefficient (Wildman–Crippen LogP) is 2.45. The highest BCUT2D eigenvalue weighted by Crippen LogP contribution is 2.34. The van der Waals surface area contributed by atoms with Crippen LogP contribution in [0, 0.1) is 0 Å². The molecule has 0 aliphatic carbocycles. The Morgan fingerprint density at radius 3 is 2.22 bits per heavy atom. The molecular formula is C12H12BrF3N2O4S. The first-order valence-corrected chi connectivity index (χ1v) is 8.61. The molecule has 1 heterocycles. The van der Waals surface area contributed by atoms with E-state index in [1.807, 2.05) is 0 Å². The number of benzene rings is 1. The third-order valence-electron chi connectivity index (χ3n) is 3.39. The van der Waals surface area contributed by atoms with Crippen LogP contribution in [0.5, 0.6) is 0 Å². The molecule has 0 atom stereocenters. The zero-order chi connectivity index (χ0) is 17.4. The average molecular weight is 417 g/mol. The largest absolute Gasteiger partial charge is 0.465 e. The molecule has 1 aromatic rings. The van der Waals surface area contributed by atoms with Crippen molar-refractivity contribution in [2.45, 2.75) is 11.1 Å². The molecule has 0 unspecified atom stereocenters. The van der Waals surface area contributed by atoms with E-state index in [-0.39, 0.29) is 30.7 Å². The van der Waals surface area contributed by atoms with E-state index in [0.717, 1.165) is 21.3 Å². The smallest absolute Gasteiger partial charge is 0.416 e. The number of amides is 1. The Bertz CT molecular complexity index is 716. The summed E-state index contributed by atoms with van der Waals surface area (Å²) in [7, 11) is -4.16. The normalized spacial score (nSPS) is 17.3. The number of rotatable bonds is 2. The highest BCUT2D eigenvalue weighted by Gasteiger charge is 2.35. The molecule has 1 aliphatic heterocycles. The van der Waals surface area contributed by atoms with Gasteiger partial charge < -0.3 is 10.0 Å². The standard InChI is InChI=1S/C12H12BrF3N2O4S/c13-9-2-1-8(12(14,15)16)7-10(9)23(21,22)18-5-3-17(4-6-18)11(19)20/h1-2,7H,3-6H2,(H,19,20). The summed E-state index contributed by atoms with van der Waals surface area (Å²) in [5.41, 5.74) is -1.07. The molecule has 1 fully saturated rings. The summed E-state index contributed by atoms with van der Waals surface area (Å²) in [5, 5.41) is 8.84. The van der Waals surface area contributed by atoms with Crippen molar-refractivity contribution in [3.05, 3.63) is 28.2 Å². The number of sulfonamides is 1. The Hall–Kier alpha value is -1.33. The number of hydrogen-bond acceptors (Lipinski definition) is 3. The molecule has 128 valence electrons. The van der Waals surface area contributed by atoms with Crippen molar-refractivity contribution >= 4 is 32.0 Å². The second-order valence-electron chi connectivity index (χ2n) is 4.82. The van der Waals surface area contributed by atoms with E-state index in [1.54, 1.807) is 0 Å². The molecule has 2 rings (SSSR count). The molecule has 1 N–H and O–H groups in total. The monoisotopic (exact) mass is 416 g/mol. The van der Waals surface area contributed by atoms with Crippen LogP contribution in [0.1, 0.15) is 5.56 Å². The van der Waals surface area contributed by atoms with Gasteiger partial charge in [-0.2, -0.15) is 17.5 Å².